The smallest absolute Gasteiger partial charge is 0.309 e. The standard InChI is InChI=1S/C24H34O2/c1-24(10-4-6-14-5-2-3-7-20(14)24)26-23(25)19-13-17-12-18(19)22-16-9-8-15(11-16)21(17)22/h8-9,14-22H,2-7,10-13H2,1H3. The Morgan fingerprint density at radius 1 is 0.923 bits per heavy atom. The van der Waals surface area contributed by atoms with Crippen LogP contribution in [0.2, 0.25) is 0 Å². The second-order valence-electron chi connectivity index (χ2n) is 10.9. The highest BCUT2D eigenvalue weighted by atomic mass is 16.6. The zero-order valence-electron chi connectivity index (χ0n) is 16.2. The van der Waals surface area contributed by atoms with E-state index in [-0.39, 0.29) is 17.5 Å². The number of allylic oxidation sites excluding steroid dienone is 2. The number of ether oxygens (including phenoxy) is 1. The van der Waals surface area contributed by atoms with E-state index < -0.39 is 0 Å². The highest BCUT2D eigenvalue weighted by Crippen LogP contribution is 2.67. The highest BCUT2D eigenvalue weighted by molar-refractivity contribution is 5.74. The Balaban J connectivity index is 1.19. The predicted molar refractivity (Wildman–Crippen MR) is 101 cm³/mol. The van der Waals surface area contributed by atoms with Gasteiger partial charge in [0.05, 0.1) is 5.92 Å². The Bertz CT molecular complexity index is 636. The molecule has 5 saturated carbocycles. The zero-order valence-corrected chi connectivity index (χ0v) is 16.2. The summed E-state index contributed by atoms with van der Waals surface area (Å²) in [5, 5.41) is 0. The lowest BCUT2D eigenvalue weighted by molar-refractivity contribution is -0.182. The molecule has 0 radical (unpaired) electrons. The summed E-state index contributed by atoms with van der Waals surface area (Å²) in [6.07, 6.45) is 17.9. The first kappa shape index (κ1) is 16.2. The number of carbonyl (C=O) groups is 1. The molecule has 26 heavy (non-hydrogen) atoms. The largest absolute Gasteiger partial charge is 0.459 e. The Labute approximate surface area is 158 Å². The van der Waals surface area contributed by atoms with Gasteiger partial charge in [-0.3, -0.25) is 4.79 Å². The van der Waals surface area contributed by atoms with Gasteiger partial charge in [-0.15, -0.1) is 0 Å². The molecule has 0 heterocycles. The molecular weight excluding hydrogens is 320 g/mol. The summed E-state index contributed by atoms with van der Waals surface area (Å²) < 4.78 is 6.46. The number of carbonyl (C=O) groups excluding carboxylic acids is 1. The van der Waals surface area contributed by atoms with Gasteiger partial charge in [0, 0.05) is 5.92 Å². The molecule has 6 aliphatic carbocycles. The van der Waals surface area contributed by atoms with E-state index in [4.69, 9.17) is 4.74 Å². The lowest BCUT2D eigenvalue weighted by Gasteiger charge is -2.48. The highest BCUT2D eigenvalue weighted by Gasteiger charge is 2.63. The van der Waals surface area contributed by atoms with Crippen LogP contribution >= 0.6 is 0 Å². The van der Waals surface area contributed by atoms with E-state index in [0.29, 0.717) is 11.8 Å². The molecule has 0 amide bonds. The summed E-state index contributed by atoms with van der Waals surface area (Å²) >= 11 is 0. The normalized spacial score (nSPS) is 56.4. The summed E-state index contributed by atoms with van der Waals surface area (Å²) in [6.45, 7) is 2.28. The quantitative estimate of drug-likeness (QED) is 0.378. The molecule has 0 aromatic heterocycles. The van der Waals surface area contributed by atoms with Crippen LogP contribution in [0, 0.1) is 53.3 Å². The lowest BCUT2D eigenvalue weighted by Crippen LogP contribution is -2.49. The van der Waals surface area contributed by atoms with Crippen LogP contribution in [0.1, 0.15) is 71.1 Å². The summed E-state index contributed by atoms with van der Waals surface area (Å²) in [7, 11) is 0. The van der Waals surface area contributed by atoms with Crippen molar-refractivity contribution in [3.63, 3.8) is 0 Å². The lowest BCUT2D eigenvalue weighted by atomic mass is 9.63. The molecule has 142 valence electrons. The van der Waals surface area contributed by atoms with E-state index in [1.54, 1.807) is 0 Å². The van der Waals surface area contributed by atoms with E-state index in [2.05, 4.69) is 19.1 Å². The molecule has 0 saturated heterocycles. The monoisotopic (exact) mass is 354 g/mol. The maximum Gasteiger partial charge on any atom is 0.309 e. The minimum absolute atomic E-state index is 0.170. The second-order valence-corrected chi connectivity index (χ2v) is 10.9. The molecule has 0 aromatic carbocycles. The Hall–Kier alpha value is -0.790. The van der Waals surface area contributed by atoms with Gasteiger partial charge in [0.15, 0.2) is 0 Å². The number of hydrogen-bond donors (Lipinski definition) is 0. The van der Waals surface area contributed by atoms with Gasteiger partial charge < -0.3 is 4.74 Å². The van der Waals surface area contributed by atoms with Gasteiger partial charge in [-0.05, 0) is 93.3 Å². The van der Waals surface area contributed by atoms with Crippen LogP contribution in [0.3, 0.4) is 0 Å². The van der Waals surface area contributed by atoms with Crippen LogP contribution in [0.5, 0.6) is 0 Å². The fourth-order valence-corrected chi connectivity index (χ4v) is 8.98. The second kappa shape index (κ2) is 5.61. The third-order valence-electron chi connectivity index (χ3n) is 9.85. The van der Waals surface area contributed by atoms with Crippen LogP contribution in [0.25, 0.3) is 0 Å². The summed E-state index contributed by atoms with van der Waals surface area (Å²) in [5.41, 5.74) is -0.170. The SMILES string of the molecule is CC1(OC(=O)C2CC3CC2C2C4C=CC(C4)C32)CCCC2CCCCC21. The number of rotatable bonds is 2. The van der Waals surface area contributed by atoms with Gasteiger partial charge in [-0.25, -0.2) is 0 Å². The third kappa shape index (κ3) is 2.14. The fourth-order valence-electron chi connectivity index (χ4n) is 8.98. The number of esters is 1. The van der Waals surface area contributed by atoms with Gasteiger partial charge in [0.25, 0.3) is 0 Å². The number of hydrogen-bond acceptors (Lipinski definition) is 2. The Morgan fingerprint density at radius 2 is 1.69 bits per heavy atom. The molecule has 4 bridgehead atoms. The fraction of sp³-hybridized carbons (Fsp3) is 0.875. The first-order valence-electron chi connectivity index (χ1n) is 11.6. The van der Waals surface area contributed by atoms with Gasteiger partial charge >= 0.3 is 5.97 Å². The Kier molecular flexibility index (Phi) is 3.49. The molecule has 0 N–H and O–H groups in total. The van der Waals surface area contributed by atoms with E-state index in [0.717, 1.165) is 48.3 Å². The van der Waals surface area contributed by atoms with Gasteiger partial charge in [-0.1, -0.05) is 31.4 Å². The van der Waals surface area contributed by atoms with Crippen molar-refractivity contribution in [2.24, 2.45) is 53.3 Å². The van der Waals surface area contributed by atoms with Crippen LogP contribution in [-0.4, -0.2) is 11.6 Å². The molecule has 10 unspecified atom stereocenters. The van der Waals surface area contributed by atoms with Crippen molar-refractivity contribution in [1.82, 2.24) is 0 Å². The van der Waals surface area contributed by atoms with Crippen LogP contribution in [0.15, 0.2) is 12.2 Å². The van der Waals surface area contributed by atoms with Gasteiger partial charge in [0.1, 0.15) is 5.60 Å². The maximum atomic E-state index is 13.3. The van der Waals surface area contributed by atoms with E-state index in [9.17, 15) is 4.79 Å². The van der Waals surface area contributed by atoms with Crippen molar-refractivity contribution in [3.05, 3.63) is 12.2 Å². The van der Waals surface area contributed by atoms with Crippen LogP contribution in [0.4, 0.5) is 0 Å². The minimum atomic E-state index is -0.170. The average Bonchev–Trinajstić information content (AvgIpc) is 3.40. The topological polar surface area (TPSA) is 26.3 Å². The molecule has 2 nitrogen and oxygen atoms in total. The van der Waals surface area contributed by atoms with Crippen LogP contribution < -0.4 is 0 Å². The van der Waals surface area contributed by atoms with E-state index in [1.165, 1.54) is 51.4 Å². The molecule has 2 heteroatoms. The van der Waals surface area contributed by atoms with Crippen molar-refractivity contribution in [3.8, 4) is 0 Å². The van der Waals surface area contributed by atoms with Crippen molar-refractivity contribution >= 4 is 5.97 Å². The van der Waals surface area contributed by atoms with Crippen LogP contribution in [-0.2, 0) is 9.53 Å². The Morgan fingerprint density at radius 3 is 2.58 bits per heavy atom. The average molecular weight is 355 g/mol. The molecule has 0 spiro atoms. The number of fused-ring (bicyclic) bond motifs is 10. The summed E-state index contributed by atoms with van der Waals surface area (Å²) in [6, 6.07) is 0. The van der Waals surface area contributed by atoms with Crippen molar-refractivity contribution in [1.29, 1.82) is 0 Å². The molecule has 0 aliphatic heterocycles. The first-order chi connectivity index (χ1) is 12.6. The summed E-state index contributed by atoms with van der Waals surface area (Å²) in [4.78, 5) is 13.3. The molecule has 0 aromatic rings. The molecule has 6 aliphatic rings. The van der Waals surface area contributed by atoms with Crippen molar-refractivity contribution in [2.75, 3.05) is 0 Å². The van der Waals surface area contributed by atoms with Gasteiger partial charge in [-0.2, -0.15) is 0 Å². The molecular formula is C24H34O2. The van der Waals surface area contributed by atoms with Gasteiger partial charge in [0.2, 0.25) is 0 Å². The molecule has 5 fully saturated rings. The van der Waals surface area contributed by atoms with E-state index >= 15 is 0 Å². The zero-order chi connectivity index (χ0) is 17.5. The molecule has 6 rings (SSSR count). The van der Waals surface area contributed by atoms with Crippen molar-refractivity contribution < 1.29 is 9.53 Å². The molecule has 10 atom stereocenters. The predicted octanol–water partition coefficient (Wildman–Crippen LogP) is 5.37. The van der Waals surface area contributed by atoms with Crippen molar-refractivity contribution in [2.45, 2.75) is 76.7 Å². The summed E-state index contributed by atoms with van der Waals surface area (Å²) in [5.74, 6) is 6.64. The minimum Gasteiger partial charge on any atom is -0.459 e. The van der Waals surface area contributed by atoms with E-state index in [1.807, 2.05) is 0 Å². The maximum absolute atomic E-state index is 13.3. The third-order valence-corrected chi connectivity index (χ3v) is 9.85. The first-order valence-corrected chi connectivity index (χ1v) is 11.6.